The number of fused-ring (bicyclic) bond motifs is 1. The van der Waals surface area contributed by atoms with Gasteiger partial charge in [0.05, 0.1) is 36.4 Å². The van der Waals surface area contributed by atoms with Gasteiger partial charge in [0.2, 0.25) is 10.0 Å². The number of carbonyl (C=O) groups excluding carboxylic acids is 1. The van der Waals surface area contributed by atoms with Crippen LogP contribution in [0.5, 0.6) is 0 Å². The van der Waals surface area contributed by atoms with Crippen molar-refractivity contribution in [2.75, 3.05) is 26.0 Å². The normalized spacial score (nSPS) is 25.0. The van der Waals surface area contributed by atoms with Crippen LogP contribution in [0.1, 0.15) is 54.1 Å². The van der Waals surface area contributed by atoms with Crippen LogP contribution < -0.4 is 4.72 Å². The van der Waals surface area contributed by atoms with E-state index in [1.807, 2.05) is 25.0 Å². The van der Waals surface area contributed by atoms with Gasteiger partial charge in [-0.05, 0) is 61.6 Å². The van der Waals surface area contributed by atoms with Crippen molar-refractivity contribution >= 4 is 26.8 Å². The number of nitrogens with one attached hydrogen (secondary N) is 1. The zero-order valence-corrected chi connectivity index (χ0v) is 22.5. The summed E-state index contributed by atoms with van der Waals surface area (Å²) in [5, 5.41) is 5.53. The van der Waals surface area contributed by atoms with Crippen molar-refractivity contribution in [3.8, 4) is 0 Å². The number of aromatic nitrogens is 4. The molecule has 1 amide bonds. The van der Waals surface area contributed by atoms with Crippen molar-refractivity contribution in [3.05, 3.63) is 48.2 Å². The average Bonchev–Trinajstić information content (AvgIpc) is 3.47. The molecular weight excluding hydrogens is 492 g/mol. The molecule has 2 atom stereocenters. The summed E-state index contributed by atoms with van der Waals surface area (Å²) in [5.41, 5.74) is 2.90. The molecule has 10 nitrogen and oxygen atoms in total. The van der Waals surface area contributed by atoms with Crippen LogP contribution in [0, 0.1) is 5.92 Å². The highest BCUT2D eigenvalue weighted by Crippen LogP contribution is 2.37. The van der Waals surface area contributed by atoms with Crippen molar-refractivity contribution in [3.63, 3.8) is 0 Å². The van der Waals surface area contributed by atoms with Gasteiger partial charge in [-0.15, -0.1) is 0 Å². The molecule has 0 unspecified atom stereocenters. The van der Waals surface area contributed by atoms with E-state index in [1.165, 1.54) is 17.2 Å². The number of carbonyl (C=O) groups is 1. The van der Waals surface area contributed by atoms with E-state index in [0.29, 0.717) is 43.6 Å². The first-order valence-electron chi connectivity index (χ1n) is 12.9. The maximum atomic E-state index is 13.0. The van der Waals surface area contributed by atoms with E-state index in [1.54, 1.807) is 22.0 Å². The zero-order chi connectivity index (χ0) is 26.2. The van der Waals surface area contributed by atoms with E-state index in [2.05, 4.69) is 33.0 Å². The molecule has 2 aliphatic rings. The Bertz CT molecular complexity index is 1360. The molecule has 1 aliphatic heterocycles. The smallest absolute Gasteiger partial charge is 0.274 e. The van der Waals surface area contributed by atoms with Crippen LogP contribution in [0.4, 0.5) is 0 Å². The molecule has 2 fully saturated rings. The summed E-state index contributed by atoms with van der Waals surface area (Å²) >= 11 is 0. The molecule has 3 heterocycles. The molecule has 5 rings (SSSR count). The maximum Gasteiger partial charge on any atom is 0.274 e. The van der Waals surface area contributed by atoms with Gasteiger partial charge < -0.3 is 14.2 Å². The molecule has 1 saturated heterocycles. The van der Waals surface area contributed by atoms with Gasteiger partial charge in [-0.3, -0.25) is 9.48 Å². The molecule has 1 aliphatic carbocycles. The minimum Gasteiger partial charge on any atom is -0.374 e. The molecule has 11 heteroatoms. The Kier molecular flexibility index (Phi) is 7.37. The summed E-state index contributed by atoms with van der Waals surface area (Å²) in [6.07, 6.45) is 10.8. The molecule has 1 N–H and O–H groups in total. The zero-order valence-electron chi connectivity index (χ0n) is 21.7. The number of aryl methyl sites for hydroxylation is 2. The average molecular weight is 529 g/mol. The molecule has 37 heavy (non-hydrogen) atoms. The first-order chi connectivity index (χ1) is 17.7. The fourth-order valence-electron chi connectivity index (χ4n) is 5.72. The Labute approximate surface area is 218 Å². The largest absolute Gasteiger partial charge is 0.374 e. The van der Waals surface area contributed by atoms with E-state index in [-0.39, 0.29) is 11.9 Å². The number of amides is 1. The Hall–Kier alpha value is -2.76. The summed E-state index contributed by atoms with van der Waals surface area (Å²) in [6.45, 7) is 1.35. The fourth-order valence-corrected chi connectivity index (χ4v) is 6.54. The summed E-state index contributed by atoms with van der Waals surface area (Å²) < 4.78 is 36.7. The van der Waals surface area contributed by atoms with Crippen LogP contribution in [-0.4, -0.2) is 76.7 Å². The monoisotopic (exact) mass is 528 g/mol. The summed E-state index contributed by atoms with van der Waals surface area (Å²) in [5.74, 6) is 0.791. The van der Waals surface area contributed by atoms with Crippen LogP contribution in [0.25, 0.3) is 10.9 Å². The second kappa shape index (κ2) is 10.5. The molecule has 0 bridgehead atoms. The third-order valence-electron chi connectivity index (χ3n) is 7.77. The second-order valence-corrected chi connectivity index (χ2v) is 12.4. The molecule has 3 aromatic rings. The lowest BCUT2D eigenvalue weighted by Crippen LogP contribution is -2.56. The predicted octanol–water partition coefficient (Wildman–Crippen LogP) is 2.43. The Balaban J connectivity index is 1.19. The third kappa shape index (κ3) is 6.05. The molecular formula is C26H36N6O4S. The van der Waals surface area contributed by atoms with Crippen LogP contribution in [0.15, 0.2) is 36.9 Å². The number of hydrogen-bond donors (Lipinski definition) is 1. The van der Waals surface area contributed by atoms with Gasteiger partial charge >= 0.3 is 0 Å². The van der Waals surface area contributed by atoms with E-state index in [0.717, 1.165) is 31.2 Å². The Morgan fingerprint density at radius 3 is 2.65 bits per heavy atom. The van der Waals surface area contributed by atoms with Crippen molar-refractivity contribution in [2.24, 2.45) is 20.0 Å². The van der Waals surface area contributed by atoms with Gasteiger partial charge in [0, 0.05) is 45.4 Å². The van der Waals surface area contributed by atoms with Gasteiger partial charge in [-0.25, -0.2) is 18.1 Å². The lowest BCUT2D eigenvalue weighted by Gasteiger charge is -2.39. The van der Waals surface area contributed by atoms with Gasteiger partial charge in [0.25, 0.3) is 5.91 Å². The Morgan fingerprint density at radius 1 is 1.16 bits per heavy atom. The highest BCUT2D eigenvalue weighted by Gasteiger charge is 2.35. The van der Waals surface area contributed by atoms with Crippen molar-refractivity contribution < 1.29 is 17.9 Å². The fraction of sp³-hybridized carbons (Fsp3) is 0.577. The Morgan fingerprint density at radius 2 is 1.95 bits per heavy atom. The molecule has 1 saturated carbocycles. The SMILES string of the molecule is Cn1cnc(C(=O)N2CC[C@H](NS(C)(=O)=O)[C@H](OCC3CCC(c4ccc5c(cnn5C)c4)CC3)C2)c1. The molecule has 0 radical (unpaired) electrons. The van der Waals surface area contributed by atoms with Gasteiger partial charge in [0.1, 0.15) is 5.69 Å². The second-order valence-electron chi connectivity index (χ2n) is 10.6. The number of imidazole rings is 1. The first kappa shape index (κ1) is 25.9. The summed E-state index contributed by atoms with van der Waals surface area (Å²) in [4.78, 5) is 18.9. The highest BCUT2D eigenvalue weighted by molar-refractivity contribution is 7.88. The van der Waals surface area contributed by atoms with Crippen LogP contribution >= 0.6 is 0 Å². The van der Waals surface area contributed by atoms with Gasteiger partial charge in [-0.2, -0.15) is 5.10 Å². The number of piperidine rings is 1. The molecule has 0 spiro atoms. The molecule has 2 aromatic heterocycles. The quantitative estimate of drug-likeness (QED) is 0.504. The lowest BCUT2D eigenvalue weighted by molar-refractivity contribution is -0.0312. The number of hydrogen-bond acceptors (Lipinski definition) is 6. The van der Waals surface area contributed by atoms with Crippen molar-refractivity contribution in [2.45, 2.75) is 50.2 Å². The number of benzene rings is 1. The van der Waals surface area contributed by atoms with E-state index >= 15 is 0 Å². The van der Waals surface area contributed by atoms with Gasteiger partial charge in [-0.1, -0.05) is 6.07 Å². The number of rotatable bonds is 7. The summed E-state index contributed by atoms with van der Waals surface area (Å²) in [6, 6.07) is 6.29. The topological polar surface area (TPSA) is 111 Å². The minimum absolute atomic E-state index is 0.155. The van der Waals surface area contributed by atoms with E-state index in [4.69, 9.17) is 4.74 Å². The number of ether oxygens (including phenoxy) is 1. The summed E-state index contributed by atoms with van der Waals surface area (Å²) in [7, 11) is 0.391. The standard InChI is InChI=1S/C26H36N6O4S/c1-30-14-23(27-17-30)26(33)32-11-10-22(29-37(3,34)35)25(15-32)36-16-18-4-6-19(7-5-18)20-8-9-24-21(12-20)13-28-31(24)2/h8-9,12-14,17-19,22,25,29H,4-7,10-11,15-16H2,1-3H3/t18?,19?,22-,25+/m0/s1. The molecule has 200 valence electrons. The predicted molar refractivity (Wildman–Crippen MR) is 141 cm³/mol. The third-order valence-corrected chi connectivity index (χ3v) is 8.50. The van der Waals surface area contributed by atoms with Gasteiger partial charge in [0.15, 0.2) is 0 Å². The molecule has 1 aromatic carbocycles. The van der Waals surface area contributed by atoms with Crippen LogP contribution in [0.3, 0.4) is 0 Å². The van der Waals surface area contributed by atoms with Crippen LogP contribution in [-0.2, 0) is 28.9 Å². The van der Waals surface area contributed by atoms with Crippen LogP contribution in [0.2, 0.25) is 0 Å². The highest BCUT2D eigenvalue weighted by atomic mass is 32.2. The van der Waals surface area contributed by atoms with E-state index in [9.17, 15) is 13.2 Å². The first-order valence-corrected chi connectivity index (χ1v) is 14.8. The lowest BCUT2D eigenvalue weighted by atomic mass is 9.79. The van der Waals surface area contributed by atoms with Crippen molar-refractivity contribution in [1.82, 2.24) is 29.0 Å². The van der Waals surface area contributed by atoms with Crippen molar-refractivity contribution in [1.29, 1.82) is 0 Å². The number of sulfonamides is 1. The maximum absolute atomic E-state index is 13.0. The number of nitrogens with zero attached hydrogens (tertiary/aromatic N) is 5. The van der Waals surface area contributed by atoms with E-state index < -0.39 is 16.1 Å². The number of likely N-dealkylation sites (tertiary alicyclic amines) is 1. The minimum atomic E-state index is -3.39.